The van der Waals surface area contributed by atoms with Crippen LogP contribution < -0.4 is 0 Å². The van der Waals surface area contributed by atoms with Crippen LogP contribution in [0.25, 0.3) is 0 Å². The van der Waals surface area contributed by atoms with Crippen molar-refractivity contribution in [3.8, 4) is 0 Å². The molecule has 0 amide bonds. The summed E-state index contributed by atoms with van der Waals surface area (Å²) in [7, 11) is 0. The summed E-state index contributed by atoms with van der Waals surface area (Å²) in [6, 6.07) is 1.83. The van der Waals surface area contributed by atoms with Crippen LogP contribution in [0.3, 0.4) is 0 Å². The van der Waals surface area contributed by atoms with Crippen LogP contribution >= 0.6 is 0 Å². The monoisotopic (exact) mass is 476 g/mol. The zero-order chi connectivity index (χ0) is 24.3. The Bertz CT molecular complexity index is 954. The van der Waals surface area contributed by atoms with E-state index in [2.05, 4.69) is 0 Å². The molecule has 9 nitrogen and oxygen atoms in total. The van der Waals surface area contributed by atoms with E-state index in [1.54, 1.807) is 12.5 Å². The summed E-state index contributed by atoms with van der Waals surface area (Å²) in [5.41, 5.74) is -0.743. The molecule has 0 radical (unpaired) electrons. The summed E-state index contributed by atoms with van der Waals surface area (Å²) in [5.74, 6) is -2.37. The van der Waals surface area contributed by atoms with E-state index in [4.69, 9.17) is 28.1 Å². The summed E-state index contributed by atoms with van der Waals surface area (Å²) in [6.07, 6.45) is 3.19. The summed E-state index contributed by atoms with van der Waals surface area (Å²) < 4.78 is 35.2. The number of carbonyl (C=O) groups excluding carboxylic acids is 3. The molecule has 2 aliphatic heterocycles. The molecule has 34 heavy (non-hydrogen) atoms. The van der Waals surface area contributed by atoms with Gasteiger partial charge in [0.25, 0.3) is 0 Å². The highest BCUT2D eigenvalue weighted by Gasteiger charge is 2.71. The van der Waals surface area contributed by atoms with Gasteiger partial charge in [0.15, 0.2) is 18.2 Å². The van der Waals surface area contributed by atoms with E-state index in [9.17, 15) is 14.4 Å². The second-order valence-electron chi connectivity index (χ2n) is 10.2. The van der Waals surface area contributed by atoms with Gasteiger partial charge in [-0.15, -0.1) is 0 Å². The maximum atomic E-state index is 14.0. The van der Waals surface area contributed by atoms with Crippen molar-refractivity contribution in [3.63, 3.8) is 0 Å². The van der Waals surface area contributed by atoms with Gasteiger partial charge in [0, 0.05) is 30.7 Å². The highest BCUT2D eigenvalue weighted by molar-refractivity contribution is 5.90. The molecular weight excluding hydrogens is 444 g/mol. The van der Waals surface area contributed by atoms with Crippen molar-refractivity contribution in [1.82, 2.24) is 0 Å². The molecule has 4 aliphatic rings. The lowest BCUT2D eigenvalue weighted by Gasteiger charge is -2.58. The Morgan fingerprint density at radius 1 is 1.15 bits per heavy atom. The number of ether oxygens (including phenoxy) is 5. The van der Waals surface area contributed by atoms with Crippen LogP contribution in [0.5, 0.6) is 0 Å². The van der Waals surface area contributed by atoms with E-state index >= 15 is 0 Å². The van der Waals surface area contributed by atoms with E-state index in [0.717, 1.165) is 18.4 Å². The first-order chi connectivity index (χ1) is 16.2. The molecule has 0 N–H and O–H groups in total. The highest BCUT2D eigenvalue weighted by atomic mass is 16.7. The molecule has 0 aromatic carbocycles. The third-order valence-corrected chi connectivity index (χ3v) is 8.37. The Morgan fingerprint density at radius 2 is 1.91 bits per heavy atom. The predicted octanol–water partition coefficient (Wildman–Crippen LogP) is 3.32. The van der Waals surface area contributed by atoms with Gasteiger partial charge in [-0.25, -0.2) is 0 Å². The summed E-state index contributed by atoms with van der Waals surface area (Å²) in [6.45, 7) is 6.66. The number of hydrogen-bond donors (Lipinski definition) is 0. The average Bonchev–Trinajstić information content (AvgIpc) is 3.50. The SMILES string of the molecule is CC(=O)O[C@@H]1O[C@H](c2ccoc2)C[C@]12[C@H](C)[C@H](OC(C)=O)C(=O)[C@H]1[C@@H]2CCC[C@@]12CO[C@H](C)O2. The number of esters is 2. The number of rotatable bonds is 3. The van der Waals surface area contributed by atoms with E-state index in [0.29, 0.717) is 19.4 Å². The van der Waals surface area contributed by atoms with Gasteiger partial charge in [0.05, 0.1) is 31.2 Å². The van der Waals surface area contributed by atoms with Gasteiger partial charge >= 0.3 is 11.9 Å². The van der Waals surface area contributed by atoms with Crippen molar-refractivity contribution in [2.45, 2.75) is 83.8 Å². The second-order valence-corrected chi connectivity index (χ2v) is 10.2. The molecule has 3 heterocycles. The Balaban J connectivity index is 1.64. The fourth-order valence-electron chi connectivity index (χ4n) is 7.09. The molecule has 5 rings (SSSR count). The number of hydrogen-bond acceptors (Lipinski definition) is 9. The molecule has 0 bridgehead atoms. The minimum absolute atomic E-state index is 0.149. The van der Waals surface area contributed by atoms with Crippen molar-refractivity contribution in [2.75, 3.05) is 6.61 Å². The molecule has 2 saturated heterocycles. The molecule has 9 atom stereocenters. The molecule has 0 unspecified atom stereocenters. The normalized spacial score (nSPS) is 43.8. The molecule has 186 valence electrons. The van der Waals surface area contributed by atoms with Gasteiger partial charge in [-0.3, -0.25) is 14.4 Å². The van der Waals surface area contributed by atoms with Crippen molar-refractivity contribution in [2.24, 2.45) is 23.2 Å². The summed E-state index contributed by atoms with van der Waals surface area (Å²) >= 11 is 0. The molecule has 2 spiro atoms. The number of fused-ring (bicyclic) bond motifs is 3. The first-order valence-corrected chi connectivity index (χ1v) is 12.0. The highest BCUT2D eigenvalue weighted by Crippen LogP contribution is 2.65. The first-order valence-electron chi connectivity index (χ1n) is 12.0. The van der Waals surface area contributed by atoms with Crippen molar-refractivity contribution in [1.29, 1.82) is 0 Å². The van der Waals surface area contributed by atoms with Crippen LogP contribution in [-0.2, 0) is 38.1 Å². The van der Waals surface area contributed by atoms with Crippen LogP contribution in [0.1, 0.15) is 65.0 Å². The zero-order valence-electron chi connectivity index (χ0n) is 20.0. The Kier molecular flexibility index (Phi) is 5.85. The number of Topliss-reactive ketones (excluding diaryl/α,β-unsaturated/α-hetero) is 1. The number of ketones is 1. The number of furan rings is 1. The lowest BCUT2D eigenvalue weighted by Crippen LogP contribution is -2.67. The van der Waals surface area contributed by atoms with Crippen molar-refractivity contribution >= 4 is 17.7 Å². The van der Waals surface area contributed by atoms with E-state index < -0.39 is 59.6 Å². The second kappa shape index (κ2) is 8.46. The minimum atomic E-state index is -1.00. The van der Waals surface area contributed by atoms with Crippen LogP contribution in [0, 0.1) is 23.2 Å². The predicted molar refractivity (Wildman–Crippen MR) is 115 cm³/mol. The van der Waals surface area contributed by atoms with Crippen LogP contribution in [0.15, 0.2) is 23.0 Å². The molecule has 9 heteroatoms. The average molecular weight is 477 g/mol. The van der Waals surface area contributed by atoms with Gasteiger partial charge in [-0.05, 0) is 38.2 Å². The smallest absolute Gasteiger partial charge is 0.304 e. The quantitative estimate of drug-likeness (QED) is 0.607. The molecule has 1 aromatic rings. The molecule has 4 fully saturated rings. The maximum absolute atomic E-state index is 14.0. The minimum Gasteiger partial charge on any atom is -0.472 e. The Morgan fingerprint density at radius 3 is 2.53 bits per heavy atom. The van der Waals surface area contributed by atoms with E-state index in [1.807, 2.05) is 19.9 Å². The van der Waals surface area contributed by atoms with Crippen LogP contribution in [0.4, 0.5) is 0 Å². The van der Waals surface area contributed by atoms with Gasteiger partial charge in [-0.1, -0.05) is 13.3 Å². The fourth-order valence-corrected chi connectivity index (χ4v) is 7.09. The Hall–Kier alpha value is -2.23. The van der Waals surface area contributed by atoms with Gasteiger partial charge in [-0.2, -0.15) is 0 Å². The van der Waals surface area contributed by atoms with Crippen LogP contribution in [0.2, 0.25) is 0 Å². The summed E-state index contributed by atoms with van der Waals surface area (Å²) in [5, 5.41) is 0. The lowest BCUT2D eigenvalue weighted by molar-refractivity contribution is -0.243. The summed E-state index contributed by atoms with van der Waals surface area (Å²) in [4.78, 5) is 38.2. The molecule has 1 aromatic heterocycles. The van der Waals surface area contributed by atoms with Gasteiger partial charge in [0.1, 0.15) is 5.60 Å². The van der Waals surface area contributed by atoms with Crippen LogP contribution in [-0.4, -0.2) is 48.6 Å². The number of carbonyl (C=O) groups is 3. The van der Waals surface area contributed by atoms with E-state index in [-0.39, 0.29) is 11.7 Å². The zero-order valence-corrected chi connectivity index (χ0v) is 20.0. The third-order valence-electron chi connectivity index (χ3n) is 8.37. The fraction of sp³-hybridized carbons (Fsp3) is 0.720. The van der Waals surface area contributed by atoms with Gasteiger partial charge < -0.3 is 28.1 Å². The standard InChI is InChI=1S/C25H32O9/c1-13-22(31-14(2)26)21(28)20-18(6-5-8-24(20)12-30-16(4)34-24)25(13)10-19(17-7-9-29-11-17)33-23(25)32-15(3)27/h7,9,11,13,16,18-20,22-23H,5-6,8,10,12H2,1-4H3/t13-,16+,18+,19+,20-,22+,23-,24-,25-/m1/s1. The third kappa shape index (κ3) is 3.51. The lowest BCUT2D eigenvalue weighted by atomic mass is 9.48. The first kappa shape index (κ1) is 23.5. The Labute approximate surface area is 198 Å². The molecule has 2 saturated carbocycles. The van der Waals surface area contributed by atoms with Gasteiger partial charge in [0.2, 0.25) is 6.29 Å². The van der Waals surface area contributed by atoms with Crippen molar-refractivity contribution < 1.29 is 42.5 Å². The van der Waals surface area contributed by atoms with Crippen molar-refractivity contribution in [3.05, 3.63) is 24.2 Å². The maximum Gasteiger partial charge on any atom is 0.304 e. The molecular formula is C25H32O9. The topological polar surface area (TPSA) is 110 Å². The molecule has 2 aliphatic carbocycles. The van der Waals surface area contributed by atoms with E-state index in [1.165, 1.54) is 13.8 Å². The largest absolute Gasteiger partial charge is 0.472 e.